The van der Waals surface area contributed by atoms with Gasteiger partial charge in [0.05, 0.1) is 11.6 Å². The largest absolute Gasteiger partial charge is 0.396 e. The van der Waals surface area contributed by atoms with E-state index in [0.29, 0.717) is 5.56 Å². The van der Waals surface area contributed by atoms with Gasteiger partial charge in [-0.25, -0.2) is 0 Å². The summed E-state index contributed by atoms with van der Waals surface area (Å²) in [6.07, 6.45) is 0.841. The topological polar surface area (TPSA) is 56.0 Å². The molecule has 0 bridgehead atoms. The quantitative estimate of drug-likeness (QED) is 0.839. The Morgan fingerprint density at radius 2 is 1.94 bits per heavy atom. The third-order valence-corrected chi connectivity index (χ3v) is 2.82. The van der Waals surface area contributed by atoms with Gasteiger partial charge in [0.15, 0.2) is 0 Å². The first-order chi connectivity index (χ1) is 8.28. The molecule has 0 amide bonds. The second-order valence-electron chi connectivity index (χ2n) is 6.20. The lowest BCUT2D eigenvalue weighted by Crippen LogP contribution is -2.37. The van der Waals surface area contributed by atoms with Crippen molar-refractivity contribution in [3.8, 4) is 6.07 Å². The molecule has 2 N–H and O–H groups in total. The molecule has 3 heteroatoms. The summed E-state index contributed by atoms with van der Waals surface area (Å²) in [5.74, 6) is 0. The zero-order chi connectivity index (χ0) is 13.8. The number of hydrogen-bond donors (Lipinski definition) is 2. The molecule has 0 spiro atoms. The summed E-state index contributed by atoms with van der Waals surface area (Å²) >= 11 is 0. The van der Waals surface area contributed by atoms with Crippen molar-refractivity contribution in [2.75, 3.05) is 11.9 Å². The number of anilines is 1. The Kier molecular flexibility index (Phi) is 4.37. The van der Waals surface area contributed by atoms with Crippen molar-refractivity contribution < 1.29 is 5.11 Å². The van der Waals surface area contributed by atoms with Crippen LogP contribution in [0, 0.1) is 16.7 Å². The fraction of sp³-hybridized carbons (Fsp3) is 0.533. The van der Waals surface area contributed by atoms with Crippen LogP contribution in [-0.4, -0.2) is 17.3 Å². The van der Waals surface area contributed by atoms with Crippen molar-refractivity contribution in [1.82, 2.24) is 0 Å². The first kappa shape index (κ1) is 14.5. The molecule has 0 aliphatic carbocycles. The third kappa shape index (κ3) is 4.38. The van der Waals surface area contributed by atoms with Crippen LogP contribution in [-0.2, 0) is 0 Å². The zero-order valence-electron chi connectivity index (χ0n) is 11.6. The number of rotatable bonds is 5. The van der Waals surface area contributed by atoms with Crippen molar-refractivity contribution >= 4 is 5.69 Å². The second kappa shape index (κ2) is 5.41. The normalized spacial score (nSPS) is 12.0. The molecule has 3 nitrogen and oxygen atoms in total. The van der Waals surface area contributed by atoms with E-state index in [-0.39, 0.29) is 17.6 Å². The number of aliphatic hydroxyl groups is 1. The van der Waals surface area contributed by atoms with Gasteiger partial charge in [-0.05, 0) is 43.9 Å². The number of nitrogens with one attached hydrogen (secondary N) is 1. The number of aliphatic hydroxyl groups excluding tert-OH is 1. The lowest BCUT2D eigenvalue weighted by atomic mass is 9.80. The molecule has 0 unspecified atom stereocenters. The summed E-state index contributed by atoms with van der Waals surface area (Å²) in [5.41, 5.74) is 1.33. The summed E-state index contributed by atoms with van der Waals surface area (Å²) in [7, 11) is 0. The van der Waals surface area contributed by atoms with E-state index in [9.17, 15) is 5.11 Å². The summed E-state index contributed by atoms with van der Waals surface area (Å²) in [4.78, 5) is 0. The minimum atomic E-state index is -0.139. The number of nitrogens with zero attached hydrogens (tertiary/aromatic N) is 1. The number of benzene rings is 1. The van der Waals surface area contributed by atoms with Crippen molar-refractivity contribution in [3.63, 3.8) is 0 Å². The third-order valence-electron chi connectivity index (χ3n) is 2.82. The number of nitriles is 1. The molecule has 1 rings (SSSR count). The van der Waals surface area contributed by atoms with Gasteiger partial charge < -0.3 is 10.4 Å². The smallest absolute Gasteiger partial charge is 0.0992 e. The molecule has 0 heterocycles. The Morgan fingerprint density at radius 1 is 1.28 bits per heavy atom. The highest BCUT2D eigenvalue weighted by atomic mass is 16.3. The minimum absolute atomic E-state index is 0.122. The van der Waals surface area contributed by atoms with Gasteiger partial charge in [-0.1, -0.05) is 19.9 Å². The van der Waals surface area contributed by atoms with E-state index < -0.39 is 0 Å². The average Bonchev–Trinajstić information content (AvgIpc) is 2.27. The maximum absolute atomic E-state index is 9.33. The van der Waals surface area contributed by atoms with Crippen molar-refractivity contribution in [1.29, 1.82) is 5.26 Å². The van der Waals surface area contributed by atoms with Crippen molar-refractivity contribution in [2.45, 2.75) is 39.7 Å². The zero-order valence-corrected chi connectivity index (χ0v) is 11.6. The molecule has 98 valence electrons. The summed E-state index contributed by atoms with van der Waals surface area (Å²) < 4.78 is 0. The first-order valence-corrected chi connectivity index (χ1v) is 6.17. The highest BCUT2D eigenvalue weighted by Crippen LogP contribution is 2.30. The van der Waals surface area contributed by atoms with E-state index in [1.807, 2.05) is 32.0 Å². The first-order valence-electron chi connectivity index (χ1n) is 6.17. The molecule has 0 saturated carbocycles. The standard InChI is InChI=1S/C15H22N2O/c1-14(2,11-18)10-15(3,4)17-13-7-5-6-12(8-13)9-16/h5-8,17-18H,10-11H2,1-4H3. The van der Waals surface area contributed by atoms with Crippen molar-refractivity contribution in [2.24, 2.45) is 5.41 Å². The second-order valence-corrected chi connectivity index (χ2v) is 6.20. The summed E-state index contributed by atoms with van der Waals surface area (Å²) in [6.45, 7) is 8.45. The average molecular weight is 246 g/mol. The van der Waals surface area contributed by atoms with Gasteiger partial charge in [0.25, 0.3) is 0 Å². The molecule has 1 aromatic rings. The van der Waals surface area contributed by atoms with Crippen LogP contribution >= 0.6 is 0 Å². The van der Waals surface area contributed by atoms with E-state index >= 15 is 0 Å². The molecule has 0 fully saturated rings. The minimum Gasteiger partial charge on any atom is -0.396 e. The van der Waals surface area contributed by atoms with Crippen molar-refractivity contribution in [3.05, 3.63) is 29.8 Å². The molecule has 0 radical (unpaired) electrons. The molecular formula is C15H22N2O. The summed E-state index contributed by atoms with van der Waals surface area (Å²) in [5, 5.41) is 21.6. The predicted octanol–water partition coefficient (Wildman–Crippen LogP) is 3.16. The Hall–Kier alpha value is -1.53. The Balaban J connectivity index is 2.79. The molecule has 1 aromatic carbocycles. The van der Waals surface area contributed by atoms with Gasteiger partial charge in [-0.3, -0.25) is 0 Å². The lowest BCUT2D eigenvalue weighted by molar-refractivity contribution is 0.132. The van der Waals surface area contributed by atoms with Crippen LogP contribution in [0.25, 0.3) is 0 Å². The van der Waals surface area contributed by atoms with Gasteiger partial charge in [-0.15, -0.1) is 0 Å². The van der Waals surface area contributed by atoms with Gasteiger partial charge >= 0.3 is 0 Å². The fourth-order valence-corrected chi connectivity index (χ4v) is 2.35. The maximum atomic E-state index is 9.33. The molecule has 0 aromatic heterocycles. The maximum Gasteiger partial charge on any atom is 0.0992 e. The molecule has 0 atom stereocenters. The molecule has 0 saturated heterocycles. The highest BCUT2D eigenvalue weighted by Gasteiger charge is 2.28. The van der Waals surface area contributed by atoms with Crippen LogP contribution in [0.1, 0.15) is 39.7 Å². The van der Waals surface area contributed by atoms with Crippen LogP contribution < -0.4 is 5.32 Å². The predicted molar refractivity (Wildman–Crippen MR) is 74.3 cm³/mol. The Bertz CT molecular complexity index is 444. The fourth-order valence-electron chi connectivity index (χ4n) is 2.35. The van der Waals surface area contributed by atoms with Gasteiger partial charge in [0, 0.05) is 17.8 Å². The highest BCUT2D eigenvalue weighted by molar-refractivity contribution is 5.50. The van der Waals surface area contributed by atoms with Gasteiger partial charge in [0.1, 0.15) is 0 Å². The van der Waals surface area contributed by atoms with E-state index in [4.69, 9.17) is 5.26 Å². The lowest BCUT2D eigenvalue weighted by Gasteiger charge is -2.35. The van der Waals surface area contributed by atoms with Crippen LogP contribution in [0.2, 0.25) is 0 Å². The van der Waals surface area contributed by atoms with Crippen LogP contribution in [0.5, 0.6) is 0 Å². The molecule has 0 aliphatic rings. The van der Waals surface area contributed by atoms with Crippen LogP contribution in [0.4, 0.5) is 5.69 Å². The van der Waals surface area contributed by atoms with Gasteiger partial charge in [-0.2, -0.15) is 5.26 Å². The Labute approximate surface area is 109 Å². The molecule has 0 aliphatic heterocycles. The van der Waals surface area contributed by atoms with Crippen LogP contribution in [0.3, 0.4) is 0 Å². The van der Waals surface area contributed by atoms with E-state index in [2.05, 4.69) is 25.2 Å². The van der Waals surface area contributed by atoms with E-state index in [1.54, 1.807) is 6.07 Å². The Morgan fingerprint density at radius 3 is 2.50 bits per heavy atom. The number of hydrogen-bond acceptors (Lipinski definition) is 3. The molecule has 18 heavy (non-hydrogen) atoms. The molecular weight excluding hydrogens is 224 g/mol. The monoisotopic (exact) mass is 246 g/mol. The van der Waals surface area contributed by atoms with Crippen LogP contribution in [0.15, 0.2) is 24.3 Å². The summed E-state index contributed by atoms with van der Waals surface area (Å²) in [6, 6.07) is 9.58. The van der Waals surface area contributed by atoms with E-state index in [0.717, 1.165) is 12.1 Å². The van der Waals surface area contributed by atoms with Gasteiger partial charge in [0.2, 0.25) is 0 Å². The SMILES string of the molecule is CC(C)(CO)CC(C)(C)Nc1cccc(C#N)c1. The van der Waals surface area contributed by atoms with E-state index in [1.165, 1.54) is 0 Å².